The Morgan fingerprint density at radius 1 is 1.30 bits per heavy atom. The Balaban J connectivity index is 2.40. The van der Waals surface area contributed by atoms with Gasteiger partial charge in [-0.2, -0.15) is 0 Å². The zero-order valence-corrected chi connectivity index (χ0v) is 12.3. The smallest absolute Gasteiger partial charge is 0.303 e. The maximum atomic E-state index is 11.9. The molecule has 2 N–H and O–H groups in total. The number of carbonyl (C=O) groups is 2. The summed E-state index contributed by atoms with van der Waals surface area (Å²) in [5.74, 6) is -0.978. The van der Waals surface area contributed by atoms with Crippen molar-refractivity contribution in [1.82, 2.24) is 10.3 Å². The standard InChI is InChI=1S/C15H22N2O3/c1-11-5-4-6-12(17-11)14(20)16-10-9-15(2,3)8-7-13(18)19/h4-6H,7-10H2,1-3H3,(H,16,20)(H,18,19). The quantitative estimate of drug-likeness (QED) is 0.802. The van der Waals surface area contributed by atoms with Crippen LogP contribution < -0.4 is 5.32 Å². The van der Waals surface area contributed by atoms with Gasteiger partial charge < -0.3 is 10.4 Å². The number of nitrogens with one attached hydrogen (secondary N) is 1. The zero-order chi connectivity index (χ0) is 15.2. The Bertz CT molecular complexity index is 484. The van der Waals surface area contributed by atoms with E-state index in [1.165, 1.54) is 0 Å². The van der Waals surface area contributed by atoms with Crippen LogP contribution in [0.1, 0.15) is 49.3 Å². The third kappa shape index (κ3) is 5.82. The fraction of sp³-hybridized carbons (Fsp3) is 0.533. The summed E-state index contributed by atoms with van der Waals surface area (Å²) in [7, 11) is 0. The van der Waals surface area contributed by atoms with E-state index in [4.69, 9.17) is 5.11 Å². The average molecular weight is 278 g/mol. The summed E-state index contributed by atoms with van der Waals surface area (Å²) in [6.45, 7) is 6.37. The lowest BCUT2D eigenvalue weighted by atomic mass is 9.84. The van der Waals surface area contributed by atoms with Crippen LogP contribution in [0.4, 0.5) is 0 Å². The van der Waals surface area contributed by atoms with E-state index in [1.807, 2.05) is 26.8 Å². The van der Waals surface area contributed by atoms with Gasteiger partial charge in [0.2, 0.25) is 0 Å². The predicted molar refractivity (Wildman–Crippen MR) is 76.6 cm³/mol. The van der Waals surface area contributed by atoms with Crippen LogP contribution in [0, 0.1) is 12.3 Å². The molecular formula is C15H22N2O3. The van der Waals surface area contributed by atoms with E-state index in [1.54, 1.807) is 12.1 Å². The second-order valence-electron chi connectivity index (χ2n) is 5.73. The van der Waals surface area contributed by atoms with Crippen LogP contribution in [-0.2, 0) is 4.79 Å². The number of aryl methyl sites for hydroxylation is 1. The molecule has 1 amide bonds. The van der Waals surface area contributed by atoms with Crippen LogP contribution in [-0.4, -0.2) is 28.5 Å². The van der Waals surface area contributed by atoms with Crippen molar-refractivity contribution in [2.24, 2.45) is 5.41 Å². The molecule has 0 aromatic carbocycles. The molecule has 5 heteroatoms. The van der Waals surface area contributed by atoms with E-state index in [9.17, 15) is 9.59 Å². The maximum absolute atomic E-state index is 11.9. The van der Waals surface area contributed by atoms with Gasteiger partial charge in [-0.3, -0.25) is 9.59 Å². The Labute approximate surface area is 119 Å². The van der Waals surface area contributed by atoms with Crippen molar-refractivity contribution in [3.63, 3.8) is 0 Å². The second-order valence-corrected chi connectivity index (χ2v) is 5.73. The van der Waals surface area contributed by atoms with E-state index in [-0.39, 0.29) is 17.7 Å². The average Bonchev–Trinajstić information content (AvgIpc) is 2.36. The number of pyridine rings is 1. The van der Waals surface area contributed by atoms with Crippen LogP contribution in [0.3, 0.4) is 0 Å². The Morgan fingerprint density at radius 3 is 2.60 bits per heavy atom. The molecule has 0 aliphatic carbocycles. The van der Waals surface area contributed by atoms with Gasteiger partial charge in [-0.25, -0.2) is 4.98 Å². The monoisotopic (exact) mass is 278 g/mol. The fourth-order valence-corrected chi connectivity index (χ4v) is 1.84. The minimum absolute atomic E-state index is 0.105. The molecule has 0 radical (unpaired) electrons. The molecule has 1 heterocycles. The van der Waals surface area contributed by atoms with Crippen LogP contribution in [0.5, 0.6) is 0 Å². The molecule has 20 heavy (non-hydrogen) atoms. The van der Waals surface area contributed by atoms with Crippen molar-refractivity contribution in [2.75, 3.05) is 6.54 Å². The molecule has 0 fully saturated rings. The third-order valence-electron chi connectivity index (χ3n) is 3.22. The van der Waals surface area contributed by atoms with Crippen molar-refractivity contribution < 1.29 is 14.7 Å². The summed E-state index contributed by atoms with van der Waals surface area (Å²) >= 11 is 0. The molecule has 0 bridgehead atoms. The van der Waals surface area contributed by atoms with Crippen molar-refractivity contribution in [2.45, 2.75) is 40.0 Å². The van der Waals surface area contributed by atoms with Gasteiger partial charge in [0.05, 0.1) is 0 Å². The number of hydrogen-bond donors (Lipinski definition) is 2. The highest BCUT2D eigenvalue weighted by Crippen LogP contribution is 2.25. The number of carboxylic acids is 1. The van der Waals surface area contributed by atoms with Crippen LogP contribution >= 0.6 is 0 Å². The van der Waals surface area contributed by atoms with Gasteiger partial charge in [-0.05, 0) is 37.3 Å². The number of amides is 1. The molecule has 110 valence electrons. The highest BCUT2D eigenvalue weighted by molar-refractivity contribution is 5.92. The largest absolute Gasteiger partial charge is 0.481 e. The van der Waals surface area contributed by atoms with E-state index in [0.29, 0.717) is 18.7 Å². The summed E-state index contributed by atoms with van der Waals surface area (Å²) < 4.78 is 0. The van der Waals surface area contributed by atoms with Gasteiger partial charge in [0.25, 0.3) is 5.91 Å². The van der Waals surface area contributed by atoms with Crippen LogP contribution in [0.25, 0.3) is 0 Å². The van der Waals surface area contributed by atoms with E-state index >= 15 is 0 Å². The van der Waals surface area contributed by atoms with Crippen molar-refractivity contribution in [3.05, 3.63) is 29.6 Å². The number of nitrogens with zero attached hydrogens (tertiary/aromatic N) is 1. The highest BCUT2D eigenvalue weighted by atomic mass is 16.4. The molecule has 0 aliphatic heterocycles. The normalized spacial score (nSPS) is 11.2. The molecule has 1 aromatic rings. The molecule has 0 atom stereocenters. The predicted octanol–water partition coefficient (Wildman–Crippen LogP) is 2.40. The molecule has 1 aromatic heterocycles. The van der Waals surface area contributed by atoms with E-state index < -0.39 is 5.97 Å². The third-order valence-corrected chi connectivity index (χ3v) is 3.22. The summed E-state index contributed by atoms with van der Waals surface area (Å²) in [6, 6.07) is 5.32. The molecule has 0 aliphatic rings. The minimum atomic E-state index is -0.786. The van der Waals surface area contributed by atoms with Crippen molar-refractivity contribution >= 4 is 11.9 Å². The molecular weight excluding hydrogens is 256 g/mol. The number of rotatable bonds is 7. The summed E-state index contributed by atoms with van der Waals surface area (Å²) in [5, 5.41) is 11.5. The number of carbonyl (C=O) groups excluding carboxylic acids is 1. The number of aromatic nitrogens is 1. The first kappa shape index (κ1) is 16.1. The summed E-state index contributed by atoms with van der Waals surface area (Å²) in [4.78, 5) is 26.6. The first-order valence-electron chi connectivity index (χ1n) is 6.74. The molecule has 1 rings (SSSR count). The SMILES string of the molecule is Cc1cccc(C(=O)NCCC(C)(C)CCC(=O)O)n1. The van der Waals surface area contributed by atoms with Crippen molar-refractivity contribution in [3.8, 4) is 0 Å². The van der Waals surface area contributed by atoms with Gasteiger partial charge in [0, 0.05) is 18.7 Å². The molecule has 5 nitrogen and oxygen atoms in total. The number of carboxylic acid groups (broad SMARTS) is 1. The first-order chi connectivity index (χ1) is 9.30. The van der Waals surface area contributed by atoms with Crippen LogP contribution in [0.15, 0.2) is 18.2 Å². The van der Waals surface area contributed by atoms with Gasteiger partial charge >= 0.3 is 5.97 Å². The number of aliphatic carboxylic acids is 1. The Kier molecular flexibility index (Phi) is 5.67. The van der Waals surface area contributed by atoms with Crippen molar-refractivity contribution in [1.29, 1.82) is 0 Å². The minimum Gasteiger partial charge on any atom is -0.481 e. The molecule has 0 saturated carbocycles. The van der Waals surface area contributed by atoms with E-state index in [0.717, 1.165) is 12.1 Å². The highest BCUT2D eigenvalue weighted by Gasteiger charge is 2.19. The lowest BCUT2D eigenvalue weighted by Gasteiger charge is -2.23. The fourth-order valence-electron chi connectivity index (χ4n) is 1.84. The van der Waals surface area contributed by atoms with Gasteiger partial charge in [-0.15, -0.1) is 0 Å². The Morgan fingerprint density at radius 2 is 2.00 bits per heavy atom. The first-order valence-corrected chi connectivity index (χ1v) is 6.74. The lowest BCUT2D eigenvalue weighted by Crippen LogP contribution is -2.29. The summed E-state index contributed by atoms with van der Waals surface area (Å²) in [6.07, 6.45) is 1.49. The Hall–Kier alpha value is -1.91. The van der Waals surface area contributed by atoms with Gasteiger partial charge in [-0.1, -0.05) is 19.9 Å². The second kappa shape index (κ2) is 7.03. The molecule has 0 unspecified atom stereocenters. The lowest BCUT2D eigenvalue weighted by molar-refractivity contribution is -0.137. The summed E-state index contributed by atoms with van der Waals surface area (Å²) in [5.41, 5.74) is 1.11. The topological polar surface area (TPSA) is 79.3 Å². The molecule has 0 spiro atoms. The maximum Gasteiger partial charge on any atom is 0.303 e. The molecule has 0 saturated heterocycles. The van der Waals surface area contributed by atoms with Gasteiger partial charge in [0.15, 0.2) is 0 Å². The van der Waals surface area contributed by atoms with Crippen LogP contribution in [0.2, 0.25) is 0 Å². The van der Waals surface area contributed by atoms with Gasteiger partial charge in [0.1, 0.15) is 5.69 Å². The number of hydrogen-bond acceptors (Lipinski definition) is 3. The van der Waals surface area contributed by atoms with E-state index in [2.05, 4.69) is 10.3 Å². The zero-order valence-electron chi connectivity index (χ0n) is 12.3.